The van der Waals surface area contributed by atoms with E-state index >= 15 is 0 Å². The third kappa shape index (κ3) is 4.76. The fourth-order valence-electron chi connectivity index (χ4n) is 10.7. The Morgan fingerprint density at radius 3 is 1.97 bits per heavy atom. The summed E-state index contributed by atoms with van der Waals surface area (Å²) in [6, 6.07) is 55.6. The Hall–Kier alpha value is -6.14. The van der Waals surface area contributed by atoms with Gasteiger partial charge in [0, 0.05) is 84.7 Å². The minimum Gasteiger partial charge on any atom is -0.355 e. The molecule has 0 unspecified atom stereocenters. The van der Waals surface area contributed by atoms with Crippen LogP contribution >= 0.6 is 22.7 Å². The average Bonchev–Trinajstić information content (AvgIpc) is 3.96. The molecule has 1 N–H and O–H groups in total. The highest BCUT2D eigenvalue weighted by atomic mass is 32.1. The van der Waals surface area contributed by atoms with Crippen molar-refractivity contribution in [1.29, 1.82) is 0 Å². The molecule has 0 bridgehead atoms. The second-order valence-corrected chi connectivity index (χ2v) is 20.8. The lowest BCUT2D eigenvalue weighted by molar-refractivity contribution is 0.590. The SMILES string of the molecule is CC(C)(C)c1ccc(Nc2cc3c(cc2-c2ccc4c5cc6c(cc5n5c4c2Bc2cc4c(cc2-5)C(C)(C)c2ccccc2-4)sc2ccccc26)sc2ccccc23)cc1. The Balaban J connectivity index is 1.11. The molecule has 11 aromatic rings. The molecule has 13 rings (SSSR count). The lowest BCUT2D eigenvalue weighted by Gasteiger charge is -2.27. The summed E-state index contributed by atoms with van der Waals surface area (Å²) in [5.41, 5.74) is 18.4. The summed E-state index contributed by atoms with van der Waals surface area (Å²) in [4.78, 5) is 0. The number of hydrogen-bond donors (Lipinski definition) is 1. The van der Waals surface area contributed by atoms with Crippen molar-refractivity contribution in [3.05, 3.63) is 162 Å². The van der Waals surface area contributed by atoms with Gasteiger partial charge < -0.3 is 9.88 Å². The minimum absolute atomic E-state index is 0.0881. The molecule has 0 spiro atoms. The molecule has 3 aromatic heterocycles. The molecule has 0 amide bonds. The monoisotopic (exact) mass is 804 g/mol. The summed E-state index contributed by atoms with van der Waals surface area (Å²) in [5.74, 6) is 0. The fourth-order valence-corrected chi connectivity index (χ4v) is 12.9. The number of fused-ring (bicyclic) bond motifs is 14. The number of nitrogens with zero attached hydrogens (tertiary/aromatic N) is 1. The largest absolute Gasteiger partial charge is 0.355 e. The Morgan fingerprint density at radius 1 is 0.533 bits per heavy atom. The summed E-state index contributed by atoms with van der Waals surface area (Å²) in [6.07, 6.45) is 0. The van der Waals surface area contributed by atoms with Gasteiger partial charge in [0.05, 0.1) is 5.52 Å². The zero-order valence-corrected chi connectivity index (χ0v) is 36.0. The van der Waals surface area contributed by atoms with Crippen LogP contribution in [-0.4, -0.2) is 11.8 Å². The van der Waals surface area contributed by atoms with Crippen LogP contribution in [-0.2, 0) is 10.8 Å². The Morgan fingerprint density at radius 2 is 1.22 bits per heavy atom. The summed E-state index contributed by atoms with van der Waals surface area (Å²) >= 11 is 3.80. The van der Waals surface area contributed by atoms with Crippen LogP contribution < -0.4 is 16.2 Å². The highest BCUT2D eigenvalue weighted by molar-refractivity contribution is 7.26. The predicted molar refractivity (Wildman–Crippen MR) is 264 cm³/mol. The molecule has 1 aliphatic heterocycles. The van der Waals surface area contributed by atoms with Crippen molar-refractivity contribution in [1.82, 2.24) is 4.57 Å². The third-order valence-corrected chi connectivity index (χ3v) is 16.0. The van der Waals surface area contributed by atoms with Crippen LogP contribution in [0.2, 0.25) is 0 Å². The molecule has 60 heavy (non-hydrogen) atoms. The first kappa shape index (κ1) is 34.7. The van der Waals surface area contributed by atoms with Gasteiger partial charge in [-0.3, -0.25) is 0 Å². The molecule has 2 nitrogen and oxygen atoms in total. The van der Waals surface area contributed by atoms with Gasteiger partial charge in [0.25, 0.3) is 0 Å². The number of hydrogen-bond acceptors (Lipinski definition) is 3. The molecule has 0 saturated heterocycles. The van der Waals surface area contributed by atoms with Gasteiger partial charge in [-0.1, -0.05) is 131 Å². The lowest BCUT2D eigenvalue weighted by atomic mass is 9.58. The van der Waals surface area contributed by atoms with Crippen LogP contribution in [0, 0.1) is 0 Å². The van der Waals surface area contributed by atoms with Gasteiger partial charge in [-0.2, -0.15) is 0 Å². The van der Waals surface area contributed by atoms with E-state index in [4.69, 9.17) is 0 Å². The van der Waals surface area contributed by atoms with E-state index in [0.29, 0.717) is 0 Å². The van der Waals surface area contributed by atoms with E-state index in [-0.39, 0.29) is 10.8 Å². The molecule has 4 heterocycles. The van der Waals surface area contributed by atoms with Gasteiger partial charge in [0.15, 0.2) is 7.28 Å². The van der Waals surface area contributed by atoms with E-state index in [1.165, 1.54) is 118 Å². The number of aromatic nitrogens is 1. The molecule has 5 heteroatoms. The van der Waals surface area contributed by atoms with Crippen LogP contribution in [0.25, 0.3) is 90.1 Å². The Bertz CT molecular complexity index is 3670. The van der Waals surface area contributed by atoms with E-state index in [1.807, 2.05) is 22.7 Å². The van der Waals surface area contributed by atoms with Crippen molar-refractivity contribution in [2.75, 3.05) is 5.32 Å². The van der Waals surface area contributed by atoms with Crippen LogP contribution in [0.5, 0.6) is 0 Å². The van der Waals surface area contributed by atoms with E-state index in [0.717, 1.165) is 18.7 Å². The number of rotatable bonds is 3. The topological polar surface area (TPSA) is 17.0 Å². The first-order valence-electron chi connectivity index (χ1n) is 21.1. The predicted octanol–water partition coefficient (Wildman–Crippen LogP) is 14.2. The normalized spacial score (nSPS) is 14.0. The number of thiophene rings is 2. The standard InChI is InChI=1S/C55H41BN2S2/c1-54(2,3)30-18-20-31(21-19-30)57-45-26-41-34-14-8-11-17-49(34)59-50(41)27-38(45)35-22-23-36-39-24-40-33-13-7-10-16-48(33)60-51(40)29-46(39)58-47-28-43-37(25-44(47)56-52(35)53(36)58)32-12-6-9-15-42(32)55(43,4)5/h6-29,56-57H,1-5H3. The number of anilines is 2. The Kier molecular flexibility index (Phi) is 6.94. The second kappa shape index (κ2) is 12.0. The van der Waals surface area contributed by atoms with Crippen molar-refractivity contribution in [3.8, 4) is 27.9 Å². The molecule has 0 radical (unpaired) electrons. The molecule has 0 fully saturated rings. The van der Waals surface area contributed by atoms with Crippen LogP contribution in [0.15, 0.2) is 146 Å². The van der Waals surface area contributed by atoms with Gasteiger partial charge in [-0.15, -0.1) is 22.7 Å². The highest BCUT2D eigenvalue weighted by Crippen LogP contribution is 2.50. The van der Waals surface area contributed by atoms with E-state index in [2.05, 4.69) is 190 Å². The number of nitrogens with one attached hydrogen (secondary N) is 1. The van der Waals surface area contributed by atoms with Gasteiger partial charge in [-0.05, 0) is 98.9 Å². The highest BCUT2D eigenvalue weighted by Gasteiger charge is 2.38. The maximum Gasteiger partial charge on any atom is 0.198 e. The van der Waals surface area contributed by atoms with E-state index in [1.54, 1.807) is 0 Å². The molecule has 286 valence electrons. The molecular weight excluding hydrogens is 764 g/mol. The quantitative estimate of drug-likeness (QED) is 0.176. The maximum absolute atomic E-state index is 3.96. The van der Waals surface area contributed by atoms with Crippen LogP contribution in [0.4, 0.5) is 11.4 Å². The third-order valence-electron chi connectivity index (χ3n) is 13.8. The van der Waals surface area contributed by atoms with Crippen molar-refractivity contribution in [3.63, 3.8) is 0 Å². The minimum atomic E-state index is -0.0881. The smallest absolute Gasteiger partial charge is 0.198 e. The molecular formula is C55H41BN2S2. The summed E-state index contributed by atoms with van der Waals surface area (Å²) in [7, 11) is 0.857. The van der Waals surface area contributed by atoms with Crippen molar-refractivity contribution in [2.45, 2.75) is 45.4 Å². The van der Waals surface area contributed by atoms with Crippen molar-refractivity contribution < 1.29 is 0 Å². The van der Waals surface area contributed by atoms with Crippen LogP contribution in [0.3, 0.4) is 0 Å². The Labute approximate surface area is 358 Å². The molecule has 0 saturated carbocycles. The van der Waals surface area contributed by atoms with Crippen molar-refractivity contribution >= 4 is 114 Å². The zero-order valence-electron chi connectivity index (χ0n) is 34.3. The van der Waals surface area contributed by atoms with Gasteiger partial charge >= 0.3 is 0 Å². The fraction of sp³-hybridized carbons (Fsp3) is 0.127. The van der Waals surface area contributed by atoms with Crippen molar-refractivity contribution in [2.24, 2.45) is 0 Å². The molecule has 0 atom stereocenters. The van der Waals surface area contributed by atoms with E-state index in [9.17, 15) is 0 Å². The summed E-state index contributed by atoms with van der Waals surface area (Å²) in [6.45, 7) is 11.6. The van der Waals surface area contributed by atoms with Gasteiger partial charge in [0.2, 0.25) is 0 Å². The lowest BCUT2D eigenvalue weighted by Crippen LogP contribution is -2.37. The zero-order chi connectivity index (χ0) is 40.2. The molecule has 2 aliphatic rings. The first-order chi connectivity index (χ1) is 29.1. The first-order valence-corrected chi connectivity index (χ1v) is 22.8. The van der Waals surface area contributed by atoms with Gasteiger partial charge in [-0.25, -0.2) is 0 Å². The summed E-state index contributed by atoms with van der Waals surface area (Å²) in [5, 5.41) is 11.9. The van der Waals surface area contributed by atoms with Crippen LogP contribution in [0.1, 0.15) is 51.3 Å². The summed E-state index contributed by atoms with van der Waals surface area (Å²) < 4.78 is 7.95. The second-order valence-electron chi connectivity index (χ2n) is 18.6. The average molecular weight is 805 g/mol. The van der Waals surface area contributed by atoms with Gasteiger partial charge in [0.1, 0.15) is 0 Å². The van der Waals surface area contributed by atoms with E-state index < -0.39 is 0 Å². The number of benzene rings is 8. The molecule has 1 aliphatic carbocycles. The molecule has 8 aromatic carbocycles. The maximum atomic E-state index is 3.96.